The van der Waals surface area contributed by atoms with Gasteiger partial charge in [0, 0.05) is 0 Å². The summed E-state index contributed by atoms with van der Waals surface area (Å²) in [5, 5.41) is 3.68. The van der Waals surface area contributed by atoms with Crippen LogP contribution in [0.25, 0.3) is 0 Å². The summed E-state index contributed by atoms with van der Waals surface area (Å²) in [6.45, 7) is 1.60. The lowest BCUT2D eigenvalue weighted by Gasteiger charge is -2.16. The van der Waals surface area contributed by atoms with Crippen molar-refractivity contribution in [3.8, 4) is 11.5 Å². The normalized spacial score (nSPS) is 11.4. The zero-order chi connectivity index (χ0) is 20.0. The zero-order valence-corrected chi connectivity index (χ0v) is 16.6. The van der Waals surface area contributed by atoms with Crippen molar-refractivity contribution >= 4 is 35.1 Å². The molecule has 0 aromatic heterocycles. The summed E-state index contributed by atoms with van der Waals surface area (Å²) in [7, 11) is 2.73. The maximum Gasteiger partial charge on any atom is 0.337 e. The van der Waals surface area contributed by atoms with E-state index in [0.717, 1.165) is 5.56 Å². The van der Waals surface area contributed by atoms with E-state index in [4.69, 9.17) is 32.7 Å². The fourth-order valence-corrected chi connectivity index (χ4v) is 2.63. The Morgan fingerprint density at radius 1 is 1.04 bits per heavy atom. The van der Waals surface area contributed by atoms with E-state index < -0.39 is 5.97 Å². The third-order valence-corrected chi connectivity index (χ3v) is 4.50. The number of carbonyl (C=O) groups is 2. The van der Waals surface area contributed by atoms with Crippen molar-refractivity contribution in [2.45, 2.75) is 13.0 Å². The second kappa shape index (κ2) is 9.48. The highest BCUT2D eigenvalue weighted by Gasteiger charge is 2.15. The molecule has 0 saturated heterocycles. The molecule has 0 aliphatic rings. The second-order valence-corrected chi connectivity index (χ2v) is 6.42. The Morgan fingerprint density at radius 2 is 1.78 bits per heavy atom. The quantitative estimate of drug-likeness (QED) is 0.695. The number of hydrogen-bond acceptors (Lipinski definition) is 5. The molecule has 0 radical (unpaired) electrons. The highest BCUT2D eigenvalue weighted by atomic mass is 35.5. The van der Waals surface area contributed by atoms with Crippen molar-refractivity contribution in [2.75, 3.05) is 20.8 Å². The number of halogens is 2. The predicted molar refractivity (Wildman–Crippen MR) is 103 cm³/mol. The minimum atomic E-state index is -0.493. The van der Waals surface area contributed by atoms with Gasteiger partial charge in [-0.3, -0.25) is 4.79 Å². The van der Waals surface area contributed by atoms with E-state index in [1.165, 1.54) is 26.4 Å². The highest BCUT2D eigenvalue weighted by molar-refractivity contribution is 6.42. The van der Waals surface area contributed by atoms with Gasteiger partial charge >= 0.3 is 5.97 Å². The van der Waals surface area contributed by atoms with Crippen LogP contribution >= 0.6 is 23.2 Å². The van der Waals surface area contributed by atoms with Gasteiger partial charge in [0.05, 0.1) is 35.9 Å². The summed E-state index contributed by atoms with van der Waals surface area (Å²) >= 11 is 11.9. The summed E-state index contributed by atoms with van der Waals surface area (Å²) in [6, 6.07) is 9.43. The fraction of sp³-hybridized carbons (Fsp3) is 0.263. The molecule has 0 unspecified atom stereocenters. The molecular formula is C19H19Cl2NO5. The SMILES string of the molecule is COC(=O)c1ccc(OCC(=O)N[C@@H](C)c2ccc(Cl)c(Cl)c2)c(OC)c1. The van der Waals surface area contributed by atoms with Gasteiger partial charge in [-0.2, -0.15) is 0 Å². The Bertz CT molecular complexity index is 841. The van der Waals surface area contributed by atoms with Crippen LogP contribution in [0.3, 0.4) is 0 Å². The molecule has 2 rings (SSSR count). The molecule has 0 bridgehead atoms. The van der Waals surface area contributed by atoms with Crippen LogP contribution in [-0.4, -0.2) is 32.7 Å². The fourth-order valence-electron chi connectivity index (χ4n) is 2.32. The van der Waals surface area contributed by atoms with E-state index in [0.29, 0.717) is 27.1 Å². The molecule has 1 atom stereocenters. The number of nitrogens with one attached hydrogen (secondary N) is 1. The lowest BCUT2D eigenvalue weighted by Crippen LogP contribution is -2.31. The van der Waals surface area contributed by atoms with Crippen molar-refractivity contribution in [1.82, 2.24) is 5.32 Å². The average molecular weight is 412 g/mol. The molecule has 0 heterocycles. The van der Waals surface area contributed by atoms with Gasteiger partial charge in [0.1, 0.15) is 0 Å². The molecule has 1 amide bonds. The Hall–Kier alpha value is -2.44. The van der Waals surface area contributed by atoms with E-state index in [2.05, 4.69) is 10.1 Å². The molecule has 6 nitrogen and oxygen atoms in total. The molecule has 0 aliphatic carbocycles. The van der Waals surface area contributed by atoms with Crippen molar-refractivity contribution in [1.29, 1.82) is 0 Å². The topological polar surface area (TPSA) is 73.9 Å². The molecule has 0 spiro atoms. The van der Waals surface area contributed by atoms with Crippen LogP contribution in [0.5, 0.6) is 11.5 Å². The van der Waals surface area contributed by atoms with Crippen LogP contribution in [0.2, 0.25) is 10.0 Å². The zero-order valence-electron chi connectivity index (χ0n) is 15.0. The summed E-state index contributed by atoms with van der Waals surface area (Å²) in [6.07, 6.45) is 0. The molecule has 27 heavy (non-hydrogen) atoms. The van der Waals surface area contributed by atoms with E-state index in [1.54, 1.807) is 24.3 Å². The maximum atomic E-state index is 12.2. The summed E-state index contributed by atoms with van der Waals surface area (Å²) in [4.78, 5) is 23.7. The third kappa shape index (κ3) is 5.52. The number of methoxy groups -OCH3 is 2. The predicted octanol–water partition coefficient (Wildman–Crippen LogP) is 4.04. The van der Waals surface area contributed by atoms with Crippen LogP contribution in [0.15, 0.2) is 36.4 Å². The smallest absolute Gasteiger partial charge is 0.337 e. The first kappa shape index (κ1) is 20.9. The van der Waals surface area contributed by atoms with E-state index in [9.17, 15) is 9.59 Å². The molecule has 2 aromatic carbocycles. The molecule has 1 N–H and O–H groups in total. The van der Waals surface area contributed by atoms with Crippen molar-refractivity contribution in [2.24, 2.45) is 0 Å². The van der Waals surface area contributed by atoms with Gasteiger partial charge in [-0.15, -0.1) is 0 Å². The molecule has 144 valence electrons. The first-order valence-corrected chi connectivity index (χ1v) is 8.74. The molecule has 0 saturated carbocycles. The minimum absolute atomic E-state index is 0.223. The van der Waals surface area contributed by atoms with Crippen molar-refractivity contribution < 1.29 is 23.8 Å². The monoisotopic (exact) mass is 411 g/mol. The number of ether oxygens (including phenoxy) is 3. The van der Waals surface area contributed by atoms with Gasteiger partial charge < -0.3 is 19.5 Å². The standard InChI is InChI=1S/C19H19Cl2NO5/c1-11(12-4-6-14(20)15(21)8-12)22-18(23)10-27-16-7-5-13(19(24)26-3)9-17(16)25-2/h4-9,11H,10H2,1-3H3,(H,22,23)/t11-/m0/s1. The van der Waals surface area contributed by atoms with Gasteiger partial charge in [0.2, 0.25) is 0 Å². The van der Waals surface area contributed by atoms with E-state index in [1.807, 2.05) is 6.92 Å². The average Bonchev–Trinajstić information content (AvgIpc) is 2.67. The number of amides is 1. The molecule has 8 heteroatoms. The van der Waals surface area contributed by atoms with E-state index in [-0.39, 0.29) is 18.6 Å². The van der Waals surface area contributed by atoms with Crippen LogP contribution in [0.4, 0.5) is 0 Å². The largest absolute Gasteiger partial charge is 0.493 e. The molecular weight excluding hydrogens is 393 g/mol. The highest BCUT2D eigenvalue weighted by Crippen LogP contribution is 2.28. The van der Waals surface area contributed by atoms with Gasteiger partial charge in [0.25, 0.3) is 5.91 Å². The van der Waals surface area contributed by atoms with Gasteiger partial charge in [-0.1, -0.05) is 29.3 Å². The van der Waals surface area contributed by atoms with Crippen molar-refractivity contribution in [3.63, 3.8) is 0 Å². The number of carbonyl (C=O) groups excluding carboxylic acids is 2. The van der Waals surface area contributed by atoms with E-state index >= 15 is 0 Å². The second-order valence-electron chi connectivity index (χ2n) is 5.61. The van der Waals surface area contributed by atoms with Gasteiger partial charge in [0.15, 0.2) is 18.1 Å². The van der Waals surface area contributed by atoms with Crippen LogP contribution < -0.4 is 14.8 Å². The first-order chi connectivity index (χ1) is 12.8. The number of rotatable bonds is 7. The van der Waals surface area contributed by atoms with Gasteiger partial charge in [-0.05, 0) is 42.8 Å². The summed E-state index contributed by atoms with van der Waals surface area (Å²) in [5.41, 5.74) is 1.14. The molecule has 0 aliphatic heterocycles. The number of benzene rings is 2. The number of esters is 1. The summed E-state index contributed by atoms with van der Waals surface area (Å²) < 4.78 is 15.4. The maximum absolute atomic E-state index is 12.2. The van der Waals surface area contributed by atoms with Gasteiger partial charge in [-0.25, -0.2) is 4.79 Å². The number of hydrogen-bond donors (Lipinski definition) is 1. The minimum Gasteiger partial charge on any atom is -0.493 e. The third-order valence-electron chi connectivity index (χ3n) is 3.76. The molecule has 0 fully saturated rings. The Morgan fingerprint density at radius 3 is 2.41 bits per heavy atom. The summed E-state index contributed by atoms with van der Waals surface area (Å²) in [5.74, 6) is -0.161. The van der Waals surface area contributed by atoms with Crippen molar-refractivity contribution in [3.05, 3.63) is 57.6 Å². The molecule has 2 aromatic rings. The van der Waals surface area contributed by atoms with Crippen LogP contribution in [0.1, 0.15) is 28.9 Å². The lowest BCUT2D eigenvalue weighted by atomic mass is 10.1. The Balaban J connectivity index is 1.98. The first-order valence-electron chi connectivity index (χ1n) is 7.99. The lowest BCUT2D eigenvalue weighted by molar-refractivity contribution is -0.123. The Kier molecular flexibility index (Phi) is 7.33. The Labute approximate surface area is 167 Å². The van der Waals surface area contributed by atoms with Crippen LogP contribution in [0, 0.1) is 0 Å². The van der Waals surface area contributed by atoms with Crippen LogP contribution in [-0.2, 0) is 9.53 Å².